The molecule has 0 aliphatic heterocycles. The summed E-state index contributed by atoms with van der Waals surface area (Å²) < 4.78 is 26.1. The van der Waals surface area contributed by atoms with Crippen molar-refractivity contribution in [2.45, 2.75) is 12.3 Å². The van der Waals surface area contributed by atoms with Crippen LogP contribution in [0.15, 0.2) is 21.5 Å². The molecule has 1 rings (SSSR count). The third-order valence-corrected chi connectivity index (χ3v) is 2.55. The maximum Gasteiger partial charge on any atom is 0.267 e. The van der Waals surface area contributed by atoms with Crippen molar-refractivity contribution in [3.8, 4) is 6.07 Å². The van der Waals surface area contributed by atoms with Crippen LogP contribution in [-0.2, 0) is 0 Å². The Morgan fingerprint density at radius 3 is 2.43 bits per heavy atom. The second kappa shape index (κ2) is 3.77. The molecule has 1 aliphatic carbocycles. The van der Waals surface area contributed by atoms with E-state index in [1.54, 1.807) is 0 Å². The Labute approximate surface area is 86.9 Å². The van der Waals surface area contributed by atoms with Crippen LogP contribution < -0.4 is 0 Å². The molecule has 2 unspecified atom stereocenters. The lowest BCUT2D eigenvalue weighted by molar-refractivity contribution is 0.292. The van der Waals surface area contributed by atoms with Gasteiger partial charge in [0.1, 0.15) is 5.76 Å². The maximum absolute atomic E-state index is 13.2. The third-order valence-electron chi connectivity index (χ3n) is 1.74. The highest BCUT2D eigenvalue weighted by Gasteiger charge is 2.40. The van der Waals surface area contributed by atoms with Gasteiger partial charge in [-0.05, 0) is 15.9 Å². The van der Waals surface area contributed by atoms with Crippen LogP contribution in [0.4, 0.5) is 8.78 Å². The van der Waals surface area contributed by atoms with Crippen molar-refractivity contribution in [1.82, 2.24) is 0 Å². The van der Waals surface area contributed by atoms with Crippen molar-refractivity contribution in [2.75, 3.05) is 0 Å². The summed E-state index contributed by atoms with van der Waals surface area (Å²) in [5.41, 5.74) is -1.29. The fourth-order valence-corrected chi connectivity index (χ4v) is 1.50. The number of aliphatic hydroxyl groups excluding tert-OH is 1. The van der Waals surface area contributed by atoms with E-state index in [9.17, 15) is 8.78 Å². The molecular formula is C8H3BrF2N2O. The first-order valence-electron chi connectivity index (χ1n) is 3.42. The Morgan fingerprint density at radius 2 is 2.14 bits per heavy atom. The number of aliphatic hydroxyl groups is 1. The number of hydrogen-bond acceptors (Lipinski definition) is 2. The molecule has 0 fully saturated rings. The summed E-state index contributed by atoms with van der Waals surface area (Å²) in [5, 5.41) is 17.4. The van der Waals surface area contributed by atoms with Gasteiger partial charge >= 0.3 is 0 Å². The predicted molar refractivity (Wildman–Crippen MR) is 47.6 cm³/mol. The van der Waals surface area contributed by atoms with Gasteiger partial charge in [-0.15, -0.1) is 0 Å². The molecule has 0 heterocycles. The highest BCUT2D eigenvalue weighted by molar-refractivity contribution is 9.11. The van der Waals surface area contributed by atoms with E-state index in [0.29, 0.717) is 0 Å². The van der Waals surface area contributed by atoms with E-state index in [1.165, 1.54) is 6.07 Å². The highest BCUT2D eigenvalue weighted by atomic mass is 79.9. The number of hydrogen-bond donors (Lipinski definition) is 1. The number of nitrogens with zero attached hydrogens (tertiary/aromatic N) is 2. The molecule has 1 aliphatic rings. The van der Waals surface area contributed by atoms with Crippen LogP contribution in [0.2, 0.25) is 0 Å². The van der Waals surface area contributed by atoms with Crippen molar-refractivity contribution in [2.24, 2.45) is 0 Å². The third kappa shape index (κ3) is 1.38. The van der Waals surface area contributed by atoms with Gasteiger partial charge in [-0.25, -0.2) is 18.9 Å². The first kappa shape index (κ1) is 10.7. The largest absolute Gasteiger partial charge is 0.508 e. The molecule has 0 saturated carbocycles. The van der Waals surface area contributed by atoms with Gasteiger partial charge in [0.15, 0.2) is 12.3 Å². The van der Waals surface area contributed by atoms with Gasteiger partial charge in [0.05, 0.1) is 17.1 Å². The topological polar surface area (TPSA) is 48.4 Å². The Hall–Kier alpha value is -1.40. The second-order valence-corrected chi connectivity index (χ2v) is 3.34. The summed E-state index contributed by atoms with van der Waals surface area (Å²) in [5.74, 6) is -0.816. The molecule has 14 heavy (non-hydrogen) atoms. The van der Waals surface area contributed by atoms with Crippen LogP contribution >= 0.6 is 15.9 Å². The molecule has 0 bridgehead atoms. The molecule has 0 aromatic heterocycles. The predicted octanol–water partition coefficient (Wildman–Crippen LogP) is 2.54. The first-order chi connectivity index (χ1) is 6.54. The molecule has 6 heteroatoms. The molecule has 72 valence electrons. The number of nitriles is 1. The van der Waals surface area contributed by atoms with Crippen LogP contribution in [0, 0.1) is 17.9 Å². The summed E-state index contributed by atoms with van der Waals surface area (Å²) in [7, 11) is 0. The Balaban J connectivity index is 3.30. The summed E-state index contributed by atoms with van der Waals surface area (Å²) in [6, 6.07) is 1.38. The van der Waals surface area contributed by atoms with E-state index < -0.39 is 29.4 Å². The second-order valence-electron chi connectivity index (χ2n) is 2.49. The van der Waals surface area contributed by atoms with E-state index in [2.05, 4.69) is 20.8 Å². The smallest absolute Gasteiger partial charge is 0.267 e. The van der Waals surface area contributed by atoms with Gasteiger partial charge in [0.25, 0.3) is 5.70 Å². The van der Waals surface area contributed by atoms with Crippen LogP contribution in [0.5, 0.6) is 0 Å². The lowest BCUT2D eigenvalue weighted by Gasteiger charge is -2.04. The zero-order valence-electron chi connectivity index (χ0n) is 6.63. The first-order valence-corrected chi connectivity index (χ1v) is 4.22. The number of rotatable bonds is 0. The van der Waals surface area contributed by atoms with E-state index in [-0.39, 0.29) is 4.48 Å². The molecule has 0 amide bonds. The van der Waals surface area contributed by atoms with Crippen molar-refractivity contribution in [3.63, 3.8) is 0 Å². The zero-order valence-corrected chi connectivity index (χ0v) is 8.22. The minimum atomic E-state index is -2.11. The molecule has 0 aromatic carbocycles. The van der Waals surface area contributed by atoms with Crippen LogP contribution in [0.1, 0.15) is 0 Å². The number of allylic oxidation sites excluding steroid dienone is 3. The fraction of sp³-hybridized carbons (Fsp3) is 0.250. The quantitative estimate of drug-likeness (QED) is 0.538. The average molecular weight is 261 g/mol. The maximum atomic E-state index is 13.2. The lowest BCUT2D eigenvalue weighted by Crippen LogP contribution is -2.09. The summed E-state index contributed by atoms with van der Waals surface area (Å²) in [4.78, 5) is 2.69. The zero-order chi connectivity index (χ0) is 10.9. The van der Waals surface area contributed by atoms with Crippen LogP contribution in [0.25, 0.3) is 4.85 Å². The van der Waals surface area contributed by atoms with E-state index in [0.717, 1.165) is 0 Å². The van der Waals surface area contributed by atoms with Gasteiger partial charge < -0.3 is 5.11 Å². The van der Waals surface area contributed by atoms with E-state index in [1.807, 2.05) is 0 Å². The minimum Gasteiger partial charge on any atom is -0.508 e. The standard InChI is InChI=1S/C8H3BrF2N2O/c1-13-3(2-12)4-6(10)5(9)8(14)7(4)11/h6-7,14H/b4-3-. The van der Waals surface area contributed by atoms with Crippen molar-refractivity contribution >= 4 is 15.9 Å². The molecule has 0 aromatic rings. The van der Waals surface area contributed by atoms with E-state index in [4.69, 9.17) is 16.9 Å². The molecular weight excluding hydrogens is 258 g/mol. The van der Waals surface area contributed by atoms with Crippen LogP contribution in [-0.4, -0.2) is 17.4 Å². The summed E-state index contributed by atoms with van der Waals surface area (Å²) >= 11 is 2.64. The average Bonchev–Trinajstić information content (AvgIpc) is 2.37. The fourth-order valence-electron chi connectivity index (χ4n) is 1.06. The molecule has 0 spiro atoms. The SMILES string of the molecule is [C-]#[N+]/C(C#N)=C1\C(F)C(O)=C(Br)C1F. The Bertz CT molecular complexity index is 380. The van der Waals surface area contributed by atoms with Crippen molar-refractivity contribution < 1.29 is 13.9 Å². The summed E-state index contributed by atoms with van der Waals surface area (Å²) in [6.45, 7) is 6.53. The van der Waals surface area contributed by atoms with Gasteiger partial charge in [-0.2, -0.15) is 0 Å². The van der Waals surface area contributed by atoms with Crippen LogP contribution in [0.3, 0.4) is 0 Å². The van der Waals surface area contributed by atoms with Gasteiger partial charge in [0.2, 0.25) is 0 Å². The molecule has 1 N–H and O–H groups in total. The monoisotopic (exact) mass is 260 g/mol. The summed E-state index contributed by atoms with van der Waals surface area (Å²) in [6.07, 6.45) is -4.06. The molecule has 0 saturated heterocycles. The Morgan fingerprint density at radius 1 is 1.57 bits per heavy atom. The molecule has 0 radical (unpaired) electrons. The van der Waals surface area contributed by atoms with Crippen molar-refractivity contribution in [1.29, 1.82) is 5.26 Å². The minimum absolute atomic E-state index is 0.364. The van der Waals surface area contributed by atoms with E-state index >= 15 is 0 Å². The lowest BCUT2D eigenvalue weighted by atomic mass is 10.1. The number of alkyl halides is 2. The Kier molecular flexibility index (Phi) is 2.87. The van der Waals surface area contributed by atoms with Gasteiger partial charge in [-0.3, -0.25) is 0 Å². The van der Waals surface area contributed by atoms with Crippen molar-refractivity contribution in [3.05, 3.63) is 32.9 Å². The highest BCUT2D eigenvalue weighted by Crippen LogP contribution is 2.39. The normalized spacial score (nSPS) is 29.8. The van der Waals surface area contributed by atoms with Gasteiger partial charge in [0, 0.05) is 5.57 Å². The number of halogens is 3. The van der Waals surface area contributed by atoms with Gasteiger partial charge in [-0.1, -0.05) is 0 Å². The molecule has 2 atom stereocenters. The molecule has 3 nitrogen and oxygen atoms in total.